The minimum atomic E-state index is -0.638. The number of hydrogen-bond donors (Lipinski definition) is 1. The lowest BCUT2D eigenvalue weighted by Gasteiger charge is -2.30. The Kier molecular flexibility index (Phi) is 8.98. The molecule has 2 aromatic heterocycles. The van der Waals surface area contributed by atoms with E-state index in [4.69, 9.17) is 18.9 Å². The standard InChI is InChI=1S/C28H39N5O6/c1-19-5-7-22(8-6-19)37-17-21-4-3-11-33(21)27(34)16-32-15-20(14-30-32)31-28(35)25-12-24(18-38-25)39-23-9-10-29-26(13-23)36-2/h9-10,13-15,19,21-22,24-25H,3-8,11-12,16-18H2,1-2H3,(H,31,35)/t19?,21?,22?,24-,25+/m0/s1. The van der Waals surface area contributed by atoms with E-state index in [2.05, 4.69) is 22.3 Å². The molecule has 0 spiro atoms. The molecule has 2 aromatic rings. The van der Waals surface area contributed by atoms with Crippen molar-refractivity contribution in [2.24, 2.45) is 5.92 Å². The molecule has 1 unspecified atom stereocenters. The van der Waals surface area contributed by atoms with Crippen molar-refractivity contribution in [2.45, 2.75) is 82.8 Å². The first-order chi connectivity index (χ1) is 19.0. The molecular formula is C28H39N5O6. The van der Waals surface area contributed by atoms with Crippen LogP contribution in [-0.2, 0) is 25.6 Å². The van der Waals surface area contributed by atoms with E-state index >= 15 is 0 Å². The molecule has 3 aliphatic rings. The Labute approximate surface area is 229 Å². The van der Waals surface area contributed by atoms with Gasteiger partial charge in [-0.25, -0.2) is 4.98 Å². The normalized spacial score (nSPS) is 26.9. The van der Waals surface area contributed by atoms with Gasteiger partial charge in [0.2, 0.25) is 11.8 Å². The van der Waals surface area contributed by atoms with Crippen molar-refractivity contribution >= 4 is 17.5 Å². The summed E-state index contributed by atoms with van der Waals surface area (Å²) in [7, 11) is 1.54. The molecule has 4 heterocycles. The summed E-state index contributed by atoms with van der Waals surface area (Å²) in [5.41, 5.74) is 0.521. The summed E-state index contributed by atoms with van der Waals surface area (Å²) >= 11 is 0. The summed E-state index contributed by atoms with van der Waals surface area (Å²) in [6.45, 7) is 4.07. The van der Waals surface area contributed by atoms with E-state index in [0.717, 1.165) is 38.1 Å². The zero-order valence-electron chi connectivity index (χ0n) is 22.8. The monoisotopic (exact) mass is 541 g/mol. The number of nitrogens with zero attached hydrogens (tertiary/aromatic N) is 4. The Balaban J connectivity index is 1.06. The SMILES string of the molecule is COc1cc(O[C@@H]2CO[C@@H](C(=O)Nc3cnn(CC(=O)N4CCCC4COC4CCC(C)CC4)c3)C2)ccn1. The molecule has 5 rings (SSSR count). The van der Waals surface area contributed by atoms with Crippen LogP contribution in [-0.4, -0.2) is 82.7 Å². The highest BCUT2D eigenvalue weighted by Gasteiger charge is 2.33. The van der Waals surface area contributed by atoms with Gasteiger partial charge >= 0.3 is 0 Å². The number of anilines is 1. The van der Waals surface area contributed by atoms with Crippen LogP contribution in [0.15, 0.2) is 30.7 Å². The molecule has 11 nitrogen and oxygen atoms in total. The van der Waals surface area contributed by atoms with Gasteiger partial charge in [-0.1, -0.05) is 6.92 Å². The predicted octanol–water partition coefficient (Wildman–Crippen LogP) is 3.05. The van der Waals surface area contributed by atoms with E-state index in [9.17, 15) is 9.59 Å². The van der Waals surface area contributed by atoms with Crippen LogP contribution in [0.2, 0.25) is 0 Å². The van der Waals surface area contributed by atoms with Gasteiger partial charge in [0, 0.05) is 31.4 Å². The van der Waals surface area contributed by atoms with Gasteiger partial charge in [0.15, 0.2) is 0 Å². The molecule has 2 saturated heterocycles. The first-order valence-corrected chi connectivity index (χ1v) is 14.0. The third-order valence-corrected chi connectivity index (χ3v) is 7.85. The van der Waals surface area contributed by atoms with Crippen molar-refractivity contribution in [3.8, 4) is 11.6 Å². The number of rotatable bonds is 10. The average Bonchev–Trinajstić information content (AvgIpc) is 3.70. The maximum atomic E-state index is 13.1. The van der Waals surface area contributed by atoms with Gasteiger partial charge < -0.3 is 29.2 Å². The molecule has 1 aliphatic carbocycles. The highest BCUT2D eigenvalue weighted by Crippen LogP contribution is 2.27. The van der Waals surface area contributed by atoms with Crippen LogP contribution in [0.25, 0.3) is 0 Å². The van der Waals surface area contributed by atoms with E-state index in [1.54, 1.807) is 42.5 Å². The molecule has 3 atom stereocenters. The Morgan fingerprint density at radius 2 is 2.03 bits per heavy atom. The van der Waals surface area contributed by atoms with Crippen molar-refractivity contribution in [1.29, 1.82) is 0 Å². The fraction of sp³-hybridized carbons (Fsp3) is 0.643. The maximum absolute atomic E-state index is 13.1. The van der Waals surface area contributed by atoms with Gasteiger partial charge in [0.1, 0.15) is 24.5 Å². The highest BCUT2D eigenvalue weighted by atomic mass is 16.6. The van der Waals surface area contributed by atoms with E-state index < -0.39 is 6.10 Å². The lowest BCUT2D eigenvalue weighted by molar-refractivity contribution is -0.134. The number of carbonyl (C=O) groups is 2. The fourth-order valence-electron chi connectivity index (χ4n) is 5.58. The van der Waals surface area contributed by atoms with E-state index in [0.29, 0.717) is 43.1 Å². The first-order valence-electron chi connectivity index (χ1n) is 14.0. The second kappa shape index (κ2) is 12.8. The summed E-state index contributed by atoms with van der Waals surface area (Å²) in [5, 5.41) is 7.13. The van der Waals surface area contributed by atoms with Crippen molar-refractivity contribution in [3.05, 3.63) is 30.7 Å². The van der Waals surface area contributed by atoms with Gasteiger partial charge in [-0.3, -0.25) is 14.3 Å². The van der Waals surface area contributed by atoms with Gasteiger partial charge in [0.05, 0.1) is 44.4 Å². The van der Waals surface area contributed by atoms with E-state index in [1.165, 1.54) is 12.8 Å². The quantitative estimate of drug-likeness (QED) is 0.488. The minimum absolute atomic E-state index is 0.0196. The molecule has 2 aliphatic heterocycles. The average molecular weight is 542 g/mol. The molecule has 0 aromatic carbocycles. The van der Waals surface area contributed by atoms with E-state index in [-0.39, 0.29) is 30.5 Å². The molecular weight excluding hydrogens is 502 g/mol. The van der Waals surface area contributed by atoms with Crippen LogP contribution in [0.1, 0.15) is 51.9 Å². The van der Waals surface area contributed by atoms with Crippen LogP contribution in [0.3, 0.4) is 0 Å². The lowest BCUT2D eigenvalue weighted by Crippen LogP contribution is -2.41. The fourth-order valence-corrected chi connectivity index (χ4v) is 5.58. The van der Waals surface area contributed by atoms with Crippen LogP contribution in [0, 0.1) is 5.92 Å². The van der Waals surface area contributed by atoms with Crippen molar-refractivity contribution in [1.82, 2.24) is 19.7 Å². The number of ether oxygens (including phenoxy) is 4. The number of nitrogens with one attached hydrogen (secondary N) is 1. The number of likely N-dealkylation sites (tertiary alicyclic amines) is 1. The molecule has 212 valence electrons. The Hall–Kier alpha value is -3.18. The van der Waals surface area contributed by atoms with Crippen LogP contribution in [0.5, 0.6) is 11.6 Å². The smallest absolute Gasteiger partial charge is 0.253 e. The topological polar surface area (TPSA) is 117 Å². The molecule has 3 fully saturated rings. The lowest BCUT2D eigenvalue weighted by atomic mass is 9.89. The Morgan fingerprint density at radius 1 is 1.18 bits per heavy atom. The number of amides is 2. The number of methoxy groups -OCH3 is 1. The van der Waals surface area contributed by atoms with Crippen LogP contribution < -0.4 is 14.8 Å². The molecule has 0 radical (unpaired) electrons. The molecule has 1 N–H and O–H groups in total. The van der Waals surface area contributed by atoms with Crippen molar-refractivity contribution in [3.63, 3.8) is 0 Å². The largest absolute Gasteiger partial charge is 0.488 e. The second-order valence-corrected chi connectivity index (χ2v) is 10.8. The summed E-state index contributed by atoms with van der Waals surface area (Å²) in [6.07, 6.45) is 11.3. The number of carbonyl (C=O) groups excluding carboxylic acids is 2. The second-order valence-electron chi connectivity index (χ2n) is 10.8. The minimum Gasteiger partial charge on any atom is -0.488 e. The van der Waals surface area contributed by atoms with Crippen LogP contribution in [0.4, 0.5) is 5.69 Å². The number of pyridine rings is 1. The predicted molar refractivity (Wildman–Crippen MR) is 143 cm³/mol. The molecule has 1 saturated carbocycles. The van der Waals surface area contributed by atoms with Gasteiger partial charge in [0.25, 0.3) is 5.91 Å². The van der Waals surface area contributed by atoms with Gasteiger partial charge in [-0.15, -0.1) is 0 Å². The highest BCUT2D eigenvalue weighted by molar-refractivity contribution is 5.94. The summed E-state index contributed by atoms with van der Waals surface area (Å²) < 4.78 is 24.5. The van der Waals surface area contributed by atoms with Gasteiger partial charge in [-0.2, -0.15) is 5.10 Å². The van der Waals surface area contributed by atoms with Gasteiger partial charge in [-0.05, 0) is 50.5 Å². The van der Waals surface area contributed by atoms with E-state index in [1.807, 2.05) is 4.90 Å². The number of hydrogen-bond acceptors (Lipinski definition) is 8. The van der Waals surface area contributed by atoms with Crippen LogP contribution >= 0.6 is 0 Å². The van der Waals surface area contributed by atoms with Crippen molar-refractivity contribution < 1.29 is 28.5 Å². The summed E-state index contributed by atoms with van der Waals surface area (Å²) in [6, 6.07) is 3.55. The molecule has 39 heavy (non-hydrogen) atoms. The Bertz CT molecular complexity index is 1120. The summed E-state index contributed by atoms with van der Waals surface area (Å²) in [4.78, 5) is 31.8. The molecule has 0 bridgehead atoms. The molecule has 2 amide bonds. The zero-order chi connectivity index (χ0) is 27.2. The van der Waals surface area contributed by atoms with Crippen molar-refractivity contribution in [2.75, 3.05) is 32.2 Å². The Morgan fingerprint density at radius 3 is 2.85 bits per heavy atom. The maximum Gasteiger partial charge on any atom is 0.253 e. The number of aromatic nitrogens is 3. The third kappa shape index (κ3) is 7.27. The molecule has 11 heteroatoms. The third-order valence-electron chi connectivity index (χ3n) is 7.85. The summed E-state index contributed by atoms with van der Waals surface area (Å²) in [5.74, 6) is 1.61. The first kappa shape index (κ1) is 27.4. The zero-order valence-corrected chi connectivity index (χ0v) is 22.8.